The molecule has 0 spiro atoms. The van der Waals surface area contributed by atoms with E-state index in [1.54, 1.807) is 6.07 Å². The van der Waals surface area contributed by atoms with Gasteiger partial charge in [-0.2, -0.15) is 0 Å². The van der Waals surface area contributed by atoms with E-state index in [0.717, 1.165) is 58.5 Å². The number of rotatable bonds is 7. The van der Waals surface area contributed by atoms with Crippen LogP contribution in [-0.2, 0) is 0 Å². The Hall–Kier alpha value is -2.66. The molecule has 4 rings (SSSR count). The second-order valence-electron chi connectivity index (χ2n) is 7.43. The van der Waals surface area contributed by atoms with E-state index >= 15 is 0 Å². The minimum Gasteiger partial charge on any atom is -0.369 e. The highest BCUT2D eigenvalue weighted by Crippen LogP contribution is 2.35. The Balaban J connectivity index is 1.79. The average molecular weight is 451 g/mol. The molecule has 0 unspecified atom stereocenters. The molecule has 1 heterocycles. The zero-order valence-corrected chi connectivity index (χ0v) is 19.1. The van der Waals surface area contributed by atoms with Crippen LogP contribution in [0.1, 0.15) is 12.0 Å². The number of aromatic nitrogens is 2. The van der Waals surface area contributed by atoms with Crippen LogP contribution in [0.4, 0.5) is 5.82 Å². The number of nitrogens with zero attached hydrogens (tertiary/aromatic N) is 2. The number of halogens is 2. The van der Waals surface area contributed by atoms with E-state index < -0.39 is 0 Å². The molecule has 1 aromatic heterocycles. The van der Waals surface area contributed by atoms with Gasteiger partial charge in [0.1, 0.15) is 5.82 Å². The first-order chi connectivity index (χ1) is 15.1. The van der Waals surface area contributed by atoms with Gasteiger partial charge in [-0.3, -0.25) is 0 Å². The Labute approximate surface area is 192 Å². The van der Waals surface area contributed by atoms with Crippen LogP contribution in [0, 0.1) is 6.92 Å². The van der Waals surface area contributed by atoms with Crippen LogP contribution >= 0.6 is 23.2 Å². The van der Waals surface area contributed by atoms with E-state index in [1.165, 1.54) is 0 Å². The summed E-state index contributed by atoms with van der Waals surface area (Å²) < 4.78 is 0. The summed E-state index contributed by atoms with van der Waals surface area (Å²) in [5.41, 5.74) is 4.86. The highest BCUT2D eigenvalue weighted by atomic mass is 35.5. The van der Waals surface area contributed by atoms with Crippen molar-refractivity contribution in [1.82, 2.24) is 15.3 Å². The van der Waals surface area contributed by atoms with E-state index in [-0.39, 0.29) is 0 Å². The molecule has 31 heavy (non-hydrogen) atoms. The Morgan fingerprint density at radius 2 is 1.65 bits per heavy atom. The summed E-state index contributed by atoms with van der Waals surface area (Å²) in [6.45, 7) is 3.86. The fourth-order valence-corrected chi connectivity index (χ4v) is 3.99. The molecule has 0 saturated heterocycles. The first-order valence-electron chi connectivity index (χ1n) is 10.3. The number of aryl methyl sites for hydroxylation is 1. The normalized spacial score (nSPS) is 11.1. The number of nitrogens with one attached hydrogen (secondary N) is 2. The van der Waals surface area contributed by atoms with Gasteiger partial charge in [0.25, 0.3) is 0 Å². The van der Waals surface area contributed by atoms with E-state index in [1.807, 2.05) is 43.4 Å². The molecule has 6 heteroatoms. The third-order valence-electron chi connectivity index (χ3n) is 5.21. The van der Waals surface area contributed by atoms with Crippen LogP contribution in [0.2, 0.25) is 10.0 Å². The number of hydrogen-bond acceptors (Lipinski definition) is 4. The summed E-state index contributed by atoms with van der Waals surface area (Å²) in [5.74, 6) is 1.53. The van der Waals surface area contributed by atoms with Gasteiger partial charge < -0.3 is 10.6 Å². The molecular weight excluding hydrogens is 427 g/mol. The average Bonchev–Trinajstić information content (AvgIpc) is 2.79. The quantitative estimate of drug-likeness (QED) is 0.311. The number of anilines is 1. The van der Waals surface area contributed by atoms with Gasteiger partial charge in [-0.15, -0.1) is 0 Å². The first-order valence-corrected chi connectivity index (χ1v) is 11.0. The predicted octanol–water partition coefficient (Wildman–Crippen LogP) is 6.60. The van der Waals surface area contributed by atoms with Crippen LogP contribution in [0.25, 0.3) is 33.4 Å². The zero-order valence-electron chi connectivity index (χ0n) is 17.5. The van der Waals surface area contributed by atoms with Crippen molar-refractivity contribution in [1.29, 1.82) is 0 Å². The van der Waals surface area contributed by atoms with Gasteiger partial charge in [0.2, 0.25) is 0 Å². The van der Waals surface area contributed by atoms with Gasteiger partial charge in [0.15, 0.2) is 5.82 Å². The molecule has 0 fully saturated rings. The van der Waals surface area contributed by atoms with Crippen LogP contribution < -0.4 is 10.6 Å². The number of fused-ring (bicyclic) bond motifs is 1. The van der Waals surface area contributed by atoms with Gasteiger partial charge in [0, 0.05) is 23.1 Å². The lowest BCUT2D eigenvalue weighted by atomic mass is 10.0. The molecular formula is C25H24Cl2N4. The SMILES string of the molecule is CNCCCNc1nc(-c2cccc(-c3cccc(Cl)c3Cl)c2)nc2c(C)cccc12. The molecule has 0 atom stereocenters. The first kappa shape index (κ1) is 21.6. The van der Waals surface area contributed by atoms with Gasteiger partial charge in [-0.25, -0.2) is 9.97 Å². The second kappa shape index (κ2) is 9.65. The molecule has 3 aromatic carbocycles. The molecule has 0 saturated carbocycles. The van der Waals surface area contributed by atoms with Crippen LogP contribution in [-0.4, -0.2) is 30.1 Å². The fraction of sp³-hybridized carbons (Fsp3) is 0.200. The van der Waals surface area contributed by atoms with Gasteiger partial charge in [0.05, 0.1) is 15.6 Å². The van der Waals surface area contributed by atoms with Gasteiger partial charge >= 0.3 is 0 Å². The number of benzene rings is 3. The molecule has 0 aliphatic heterocycles. The summed E-state index contributed by atoms with van der Waals surface area (Å²) in [6.07, 6.45) is 1.01. The van der Waals surface area contributed by atoms with Crippen molar-refractivity contribution in [2.75, 3.05) is 25.5 Å². The maximum atomic E-state index is 6.45. The molecule has 0 bridgehead atoms. The second-order valence-corrected chi connectivity index (χ2v) is 8.22. The zero-order chi connectivity index (χ0) is 21.8. The Kier molecular flexibility index (Phi) is 6.71. The van der Waals surface area contributed by atoms with Crippen molar-refractivity contribution in [3.63, 3.8) is 0 Å². The number of para-hydroxylation sites is 1. The summed E-state index contributed by atoms with van der Waals surface area (Å²) in [7, 11) is 1.96. The molecule has 0 radical (unpaired) electrons. The fourth-order valence-electron chi connectivity index (χ4n) is 3.58. The highest BCUT2D eigenvalue weighted by Gasteiger charge is 2.13. The summed E-state index contributed by atoms with van der Waals surface area (Å²) in [6, 6.07) is 19.9. The highest BCUT2D eigenvalue weighted by molar-refractivity contribution is 6.43. The third kappa shape index (κ3) is 4.67. The lowest BCUT2D eigenvalue weighted by Crippen LogP contribution is -2.14. The van der Waals surface area contributed by atoms with Crippen LogP contribution in [0.5, 0.6) is 0 Å². The lowest BCUT2D eigenvalue weighted by molar-refractivity contribution is 0.747. The molecule has 0 aliphatic carbocycles. The topological polar surface area (TPSA) is 49.8 Å². The van der Waals surface area contributed by atoms with E-state index in [2.05, 4.69) is 35.8 Å². The van der Waals surface area contributed by atoms with Crippen LogP contribution in [0.15, 0.2) is 60.7 Å². The number of hydrogen-bond donors (Lipinski definition) is 2. The van der Waals surface area contributed by atoms with E-state index in [4.69, 9.17) is 33.2 Å². The van der Waals surface area contributed by atoms with E-state index in [9.17, 15) is 0 Å². The summed E-state index contributed by atoms with van der Waals surface area (Å²) >= 11 is 12.7. The Morgan fingerprint density at radius 3 is 2.48 bits per heavy atom. The minimum atomic E-state index is 0.537. The summed E-state index contributed by atoms with van der Waals surface area (Å²) in [4.78, 5) is 9.79. The van der Waals surface area contributed by atoms with Gasteiger partial charge in [-0.05, 0) is 56.3 Å². The molecule has 4 aromatic rings. The molecule has 158 valence electrons. The van der Waals surface area contributed by atoms with Crippen molar-refractivity contribution in [3.05, 3.63) is 76.3 Å². The predicted molar refractivity (Wildman–Crippen MR) is 132 cm³/mol. The standard InChI is InChI=1S/C25H24Cl2N4/c1-16-7-3-11-20-23(16)30-24(31-25(20)29-14-6-13-28-2)18-9-4-8-17(15-18)19-10-5-12-21(26)22(19)27/h3-5,7-12,15,28H,6,13-14H2,1-2H3,(H,29,30,31). The largest absolute Gasteiger partial charge is 0.369 e. The summed E-state index contributed by atoms with van der Waals surface area (Å²) in [5, 5.41) is 8.78. The lowest BCUT2D eigenvalue weighted by Gasteiger charge is -2.13. The minimum absolute atomic E-state index is 0.537. The maximum absolute atomic E-state index is 6.45. The van der Waals surface area contributed by atoms with E-state index in [0.29, 0.717) is 15.9 Å². The van der Waals surface area contributed by atoms with Crippen molar-refractivity contribution >= 4 is 39.9 Å². The van der Waals surface area contributed by atoms with Crippen LogP contribution in [0.3, 0.4) is 0 Å². The van der Waals surface area contributed by atoms with Crippen molar-refractivity contribution in [3.8, 4) is 22.5 Å². The van der Waals surface area contributed by atoms with Crippen molar-refractivity contribution < 1.29 is 0 Å². The molecule has 0 aliphatic rings. The maximum Gasteiger partial charge on any atom is 0.162 e. The van der Waals surface area contributed by atoms with Crippen molar-refractivity contribution in [2.45, 2.75) is 13.3 Å². The smallest absolute Gasteiger partial charge is 0.162 e. The molecule has 4 nitrogen and oxygen atoms in total. The monoisotopic (exact) mass is 450 g/mol. The molecule has 2 N–H and O–H groups in total. The molecule has 0 amide bonds. The van der Waals surface area contributed by atoms with Crippen molar-refractivity contribution in [2.24, 2.45) is 0 Å². The third-order valence-corrected chi connectivity index (χ3v) is 6.03. The Bertz CT molecular complexity index is 1220. The van der Waals surface area contributed by atoms with Gasteiger partial charge in [-0.1, -0.05) is 65.7 Å². The Morgan fingerprint density at radius 1 is 0.871 bits per heavy atom.